The van der Waals surface area contributed by atoms with Crippen molar-refractivity contribution in [3.8, 4) is 0 Å². The van der Waals surface area contributed by atoms with Crippen LogP contribution >= 0.6 is 15.9 Å². The highest BCUT2D eigenvalue weighted by atomic mass is 79.9. The molecule has 1 rings (SSSR count). The number of halogens is 1. The molecule has 0 fully saturated rings. The molecule has 1 aromatic rings. The van der Waals surface area contributed by atoms with Crippen molar-refractivity contribution in [3.63, 3.8) is 0 Å². The molecule has 2 N–H and O–H groups in total. The zero-order valence-corrected chi connectivity index (χ0v) is 13.1. The van der Waals surface area contributed by atoms with E-state index in [1.807, 2.05) is 20.8 Å². The van der Waals surface area contributed by atoms with Gasteiger partial charge in [-0.1, -0.05) is 20.8 Å². The Bertz CT molecular complexity index is 507. The lowest BCUT2D eigenvalue weighted by atomic mass is 9.91. The summed E-state index contributed by atoms with van der Waals surface area (Å²) in [5, 5.41) is 8.91. The van der Waals surface area contributed by atoms with Gasteiger partial charge in [-0.2, -0.15) is 0 Å². The normalized spacial score (nSPS) is 12.9. The van der Waals surface area contributed by atoms with Gasteiger partial charge in [-0.15, -0.1) is 0 Å². The van der Waals surface area contributed by atoms with Crippen LogP contribution < -0.4 is 4.72 Å². The van der Waals surface area contributed by atoms with Crippen LogP contribution in [0, 0.1) is 5.41 Å². The molecule has 5 nitrogen and oxygen atoms in total. The van der Waals surface area contributed by atoms with E-state index in [2.05, 4.69) is 20.7 Å². The molecule has 0 atom stereocenters. The van der Waals surface area contributed by atoms with Gasteiger partial charge in [-0.05, 0) is 27.8 Å². The van der Waals surface area contributed by atoms with Crippen molar-refractivity contribution in [2.24, 2.45) is 5.41 Å². The van der Waals surface area contributed by atoms with E-state index in [1.54, 1.807) is 0 Å². The van der Waals surface area contributed by atoms with E-state index in [9.17, 15) is 8.42 Å². The predicted octanol–water partition coefficient (Wildman–Crippen LogP) is 2.25. The molecule has 0 spiro atoms. The molecule has 18 heavy (non-hydrogen) atoms. The van der Waals surface area contributed by atoms with E-state index in [4.69, 9.17) is 9.52 Å². The number of furan rings is 1. The van der Waals surface area contributed by atoms with E-state index < -0.39 is 10.0 Å². The van der Waals surface area contributed by atoms with Crippen molar-refractivity contribution in [1.82, 2.24) is 4.72 Å². The van der Waals surface area contributed by atoms with Crippen LogP contribution in [0.3, 0.4) is 0 Å². The van der Waals surface area contributed by atoms with Crippen LogP contribution in [0.25, 0.3) is 0 Å². The molecule has 7 heteroatoms. The molecular formula is C11H18BrNO4S. The number of nitrogens with one attached hydrogen (secondary N) is 1. The largest absolute Gasteiger partial charge is 0.450 e. The van der Waals surface area contributed by atoms with E-state index in [0.717, 1.165) is 6.42 Å². The second kappa shape index (κ2) is 5.73. The fraction of sp³-hybridized carbons (Fsp3) is 0.636. The van der Waals surface area contributed by atoms with E-state index in [0.29, 0.717) is 6.54 Å². The first-order chi connectivity index (χ1) is 8.22. The summed E-state index contributed by atoms with van der Waals surface area (Å²) in [4.78, 5) is 0.0125. The first-order valence-electron chi connectivity index (χ1n) is 5.60. The average Bonchev–Trinajstić information content (AvgIpc) is 2.69. The molecule has 1 heterocycles. The summed E-state index contributed by atoms with van der Waals surface area (Å²) in [6.45, 7) is 5.98. The molecule has 0 aliphatic heterocycles. The Labute approximate surface area is 116 Å². The number of aliphatic hydroxyl groups excluding tert-OH is 1. The van der Waals surface area contributed by atoms with Crippen molar-refractivity contribution in [1.29, 1.82) is 0 Å². The molecule has 0 unspecified atom stereocenters. The van der Waals surface area contributed by atoms with Crippen molar-refractivity contribution >= 4 is 26.0 Å². The van der Waals surface area contributed by atoms with E-state index in [-0.39, 0.29) is 27.3 Å². The monoisotopic (exact) mass is 339 g/mol. The maximum atomic E-state index is 12.1. The van der Waals surface area contributed by atoms with Crippen molar-refractivity contribution in [2.75, 3.05) is 6.54 Å². The second-order valence-electron chi connectivity index (χ2n) is 4.85. The third kappa shape index (κ3) is 3.81. The smallest absolute Gasteiger partial charge is 0.244 e. The molecule has 0 radical (unpaired) electrons. The van der Waals surface area contributed by atoms with Crippen molar-refractivity contribution in [3.05, 3.63) is 16.5 Å². The minimum absolute atomic E-state index is 0.0125. The SMILES string of the molecule is CCC(C)(C)CNS(=O)(=O)c1cc(CO)oc1Br. The molecule has 0 aliphatic carbocycles. The zero-order chi connectivity index (χ0) is 14.0. The van der Waals surface area contributed by atoms with Crippen LogP contribution in [0.5, 0.6) is 0 Å². The van der Waals surface area contributed by atoms with E-state index in [1.165, 1.54) is 6.07 Å². The Kier molecular flexibility index (Phi) is 4.99. The molecule has 0 saturated heterocycles. The lowest BCUT2D eigenvalue weighted by Gasteiger charge is -2.22. The Morgan fingerprint density at radius 3 is 2.56 bits per heavy atom. The molecule has 1 aromatic heterocycles. The number of aliphatic hydroxyl groups is 1. The lowest BCUT2D eigenvalue weighted by Crippen LogP contribution is -2.33. The summed E-state index contributed by atoms with van der Waals surface area (Å²) in [6, 6.07) is 1.31. The third-order valence-electron chi connectivity index (χ3n) is 2.85. The number of hydrogen-bond acceptors (Lipinski definition) is 4. The topological polar surface area (TPSA) is 79.5 Å². The van der Waals surface area contributed by atoms with Gasteiger partial charge in [0, 0.05) is 12.6 Å². The van der Waals surface area contributed by atoms with Gasteiger partial charge in [0.05, 0.1) is 0 Å². The number of sulfonamides is 1. The highest BCUT2D eigenvalue weighted by Gasteiger charge is 2.25. The summed E-state index contributed by atoms with van der Waals surface area (Å²) < 4.78 is 31.8. The second-order valence-corrected chi connectivity index (χ2v) is 7.31. The van der Waals surface area contributed by atoms with E-state index >= 15 is 0 Å². The molecule has 0 aliphatic rings. The first-order valence-corrected chi connectivity index (χ1v) is 7.88. The quantitative estimate of drug-likeness (QED) is 0.832. The van der Waals surface area contributed by atoms with Gasteiger partial charge in [0.2, 0.25) is 10.0 Å². The summed E-state index contributed by atoms with van der Waals surface area (Å²) in [5.41, 5.74) is -0.108. The summed E-state index contributed by atoms with van der Waals surface area (Å²) in [7, 11) is -3.63. The maximum Gasteiger partial charge on any atom is 0.244 e. The van der Waals surface area contributed by atoms with Crippen molar-refractivity contribution < 1.29 is 17.9 Å². The van der Waals surface area contributed by atoms with Gasteiger partial charge in [0.15, 0.2) is 4.67 Å². The van der Waals surface area contributed by atoms with Crippen LogP contribution in [0.4, 0.5) is 0 Å². The molecule has 0 saturated carbocycles. The Morgan fingerprint density at radius 1 is 1.50 bits per heavy atom. The minimum atomic E-state index is -3.63. The predicted molar refractivity (Wildman–Crippen MR) is 71.6 cm³/mol. The van der Waals surface area contributed by atoms with Gasteiger partial charge in [-0.3, -0.25) is 0 Å². The van der Waals surface area contributed by atoms with Crippen LogP contribution in [-0.4, -0.2) is 20.1 Å². The molecular weight excluding hydrogens is 322 g/mol. The van der Waals surface area contributed by atoms with Gasteiger partial charge >= 0.3 is 0 Å². The lowest BCUT2D eigenvalue weighted by molar-refractivity contribution is 0.245. The molecule has 104 valence electrons. The fourth-order valence-electron chi connectivity index (χ4n) is 1.15. The number of hydrogen-bond donors (Lipinski definition) is 2. The van der Waals surface area contributed by atoms with Gasteiger partial charge in [0.25, 0.3) is 0 Å². The standard InChI is InChI=1S/C11H18BrNO4S/c1-4-11(2,3)7-13-18(15,16)9-5-8(6-14)17-10(9)12/h5,13-14H,4,6-7H2,1-3H3. The highest BCUT2D eigenvalue weighted by Crippen LogP contribution is 2.27. The van der Waals surface area contributed by atoms with Crippen LogP contribution in [-0.2, 0) is 16.6 Å². The Hall–Kier alpha value is -0.370. The maximum absolute atomic E-state index is 12.1. The molecule has 0 amide bonds. The van der Waals surface area contributed by atoms with Crippen LogP contribution in [0.15, 0.2) is 20.0 Å². The highest BCUT2D eigenvalue weighted by molar-refractivity contribution is 9.10. The van der Waals surface area contributed by atoms with Crippen molar-refractivity contribution in [2.45, 2.75) is 38.7 Å². The molecule has 0 bridgehead atoms. The fourth-order valence-corrected chi connectivity index (χ4v) is 3.39. The third-order valence-corrected chi connectivity index (χ3v) is 5.11. The summed E-state index contributed by atoms with van der Waals surface area (Å²) in [6.07, 6.45) is 0.865. The number of rotatable bonds is 6. The van der Waals surface area contributed by atoms with Gasteiger partial charge < -0.3 is 9.52 Å². The van der Waals surface area contributed by atoms with Crippen LogP contribution in [0.2, 0.25) is 0 Å². The summed E-state index contributed by atoms with van der Waals surface area (Å²) in [5.74, 6) is 0.206. The zero-order valence-electron chi connectivity index (χ0n) is 10.7. The average molecular weight is 340 g/mol. The van der Waals surface area contributed by atoms with Crippen LogP contribution in [0.1, 0.15) is 33.0 Å². The summed E-state index contributed by atoms with van der Waals surface area (Å²) >= 11 is 3.03. The Balaban J connectivity index is 2.90. The first kappa shape index (κ1) is 15.7. The van der Waals surface area contributed by atoms with Gasteiger partial charge in [-0.25, -0.2) is 13.1 Å². The Morgan fingerprint density at radius 2 is 2.11 bits per heavy atom. The minimum Gasteiger partial charge on any atom is -0.450 e. The van der Waals surface area contributed by atoms with Gasteiger partial charge in [0.1, 0.15) is 17.3 Å². The molecule has 0 aromatic carbocycles.